The third kappa shape index (κ3) is 9.52. The van der Waals surface area contributed by atoms with Gasteiger partial charge in [0.2, 0.25) is 0 Å². The standard InChI is InChI=1S/C74H45N9/c1-75-65-31-19-17-29-61(65)68-49-67(79-74(80-68)62-30-18-20-32-66(62)76-2)51-35-33-50(34-36-51)53-45-69(77-3)73(70(46-53)78-4)52-37-39-58(40-38-52)83-71-43-41-59(81(54-21-9-5-10-22-54)55-23-11-6-12-24-55)47-63(71)64-48-60(42-44-72(64)83)82(56-25-13-7-14-26-56)57-27-15-8-16-28-57/h5-49H. The maximum absolute atomic E-state index is 8.46. The minimum atomic E-state index is 0.368. The van der Waals surface area contributed by atoms with Gasteiger partial charge in [0.05, 0.1) is 48.7 Å². The van der Waals surface area contributed by atoms with Gasteiger partial charge in [-0.05, 0) is 125 Å². The Balaban J connectivity index is 0.887. The lowest BCUT2D eigenvalue weighted by atomic mass is 9.95. The Labute approximate surface area is 481 Å². The first-order valence-electron chi connectivity index (χ1n) is 26.8. The molecule has 0 unspecified atom stereocenters. The zero-order valence-electron chi connectivity index (χ0n) is 44.5. The molecule has 0 aliphatic rings. The number of hydrogen-bond donors (Lipinski definition) is 0. The summed E-state index contributed by atoms with van der Waals surface area (Å²) >= 11 is 0. The Bertz CT molecular complexity index is 4430. The van der Waals surface area contributed by atoms with E-state index in [1.807, 2.05) is 115 Å². The van der Waals surface area contributed by atoms with Crippen molar-refractivity contribution >= 4 is 78.7 Å². The van der Waals surface area contributed by atoms with E-state index in [1.54, 1.807) is 12.1 Å². The SMILES string of the molecule is [C-]#[N+]c1ccccc1-c1cc(-c2ccc(-c3cc([N+]#[C-])c(-c4ccc(-n5c6ccc(N(c7ccccc7)c7ccccc7)cc6c6cc(N(c7ccccc7)c7ccccc7)ccc65)cc4)c([N+]#[C-])c3)cc2)nc(-c2ccccc2[N+]#[C-])n1. The highest BCUT2D eigenvalue weighted by atomic mass is 15.1. The van der Waals surface area contributed by atoms with Crippen LogP contribution in [0, 0.1) is 26.3 Å². The van der Waals surface area contributed by atoms with E-state index in [2.05, 4.69) is 179 Å². The van der Waals surface area contributed by atoms with Gasteiger partial charge < -0.3 is 14.4 Å². The van der Waals surface area contributed by atoms with Crippen LogP contribution in [0.2, 0.25) is 0 Å². The van der Waals surface area contributed by atoms with Crippen LogP contribution in [0.5, 0.6) is 0 Å². The van der Waals surface area contributed by atoms with Gasteiger partial charge in [0.15, 0.2) is 22.7 Å². The molecule has 11 aromatic carbocycles. The fourth-order valence-corrected chi connectivity index (χ4v) is 11.0. The highest BCUT2D eigenvalue weighted by molar-refractivity contribution is 6.12. The number of aromatic nitrogens is 3. The molecule has 13 aromatic rings. The molecular weight excluding hydrogens is 1010 g/mol. The van der Waals surface area contributed by atoms with Crippen molar-refractivity contribution in [3.05, 3.63) is 319 Å². The molecule has 0 spiro atoms. The molecule has 13 rings (SSSR count). The summed E-state index contributed by atoms with van der Waals surface area (Å²) in [5.74, 6) is 0.377. The van der Waals surface area contributed by atoms with Gasteiger partial charge in [-0.1, -0.05) is 170 Å². The highest BCUT2D eigenvalue weighted by Gasteiger charge is 2.22. The van der Waals surface area contributed by atoms with Crippen LogP contribution in [0.3, 0.4) is 0 Å². The average molecular weight is 1060 g/mol. The van der Waals surface area contributed by atoms with Crippen molar-refractivity contribution < 1.29 is 0 Å². The van der Waals surface area contributed by atoms with Crippen molar-refractivity contribution in [3.63, 3.8) is 0 Å². The van der Waals surface area contributed by atoms with Crippen LogP contribution in [0.4, 0.5) is 56.9 Å². The van der Waals surface area contributed by atoms with E-state index in [0.29, 0.717) is 56.7 Å². The van der Waals surface area contributed by atoms with Crippen LogP contribution in [0.15, 0.2) is 273 Å². The molecule has 0 N–H and O–H groups in total. The molecular formula is C74H45N9. The Morgan fingerprint density at radius 3 is 1.17 bits per heavy atom. The second kappa shape index (κ2) is 21.9. The first-order chi connectivity index (χ1) is 41.0. The summed E-state index contributed by atoms with van der Waals surface area (Å²) in [7, 11) is 0. The minimum Gasteiger partial charge on any atom is -0.310 e. The van der Waals surface area contributed by atoms with Crippen molar-refractivity contribution in [2.45, 2.75) is 0 Å². The zero-order chi connectivity index (χ0) is 56.2. The van der Waals surface area contributed by atoms with Crippen molar-refractivity contribution in [1.82, 2.24) is 14.5 Å². The van der Waals surface area contributed by atoms with E-state index in [0.717, 1.165) is 83.9 Å². The van der Waals surface area contributed by atoms with Gasteiger partial charge in [0.25, 0.3) is 0 Å². The Hall–Kier alpha value is -12.1. The van der Waals surface area contributed by atoms with Gasteiger partial charge >= 0.3 is 0 Å². The zero-order valence-corrected chi connectivity index (χ0v) is 44.5. The predicted octanol–water partition coefficient (Wildman–Crippen LogP) is 21.1. The summed E-state index contributed by atoms with van der Waals surface area (Å²) in [5, 5.41) is 2.15. The molecule has 0 aliphatic carbocycles. The van der Waals surface area contributed by atoms with E-state index in [1.165, 1.54) is 0 Å². The fourth-order valence-electron chi connectivity index (χ4n) is 11.0. The van der Waals surface area contributed by atoms with Crippen LogP contribution in [0.1, 0.15) is 0 Å². The van der Waals surface area contributed by atoms with Crippen LogP contribution < -0.4 is 9.80 Å². The largest absolute Gasteiger partial charge is 0.310 e. The quantitative estimate of drug-likeness (QED) is 0.114. The summed E-state index contributed by atoms with van der Waals surface area (Å²) in [4.78, 5) is 30.0. The van der Waals surface area contributed by atoms with E-state index in [9.17, 15) is 0 Å². The molecule has 2 heterocycles. The third-order valence-corrected chi connectivity index (χ3v) is 14.9. The van der Waals surface area contributed by atoms with E-state index >= 15 is 0 Å². The van der Waals surface area contributed by atoms with Gasteiger partial charge in [-0.3, -0.25) is 0 Å². The van der Waals surface area contributed by atoms with Crippen molar-refractivity contribution in [2.75, 3.05) is 9.80 Å². The number of hydrogen-bond acceptors (Lipinski definition) is 4. The molecule has 0 saturated carbocycles. The Kier molecular flexibility index (Phi) is 13.3. The normalized spacial score (nSPS) is 10.8. The monoisotopic (exact) mass is 1060 g/mol. The minimum absolute atomic E-state index is 0.368. The second-order valence-corrected chi connectivity index (χ2v) is 19.7. The van der Waals surface area contributed by atoms with Crippen molar-refractivity contribution in [3.8, 4) is 61.8 Å². The highest BCUT2D eigenvalue weighted by Crippen LogP contribution is 2.46. The summed E-state index contributed by atoms with van der Waals surface area (Å²) in [6.45, 7) is 32.6. The Morgan fingerprint density at radius 1 is 0.301 bits per heavy atom. The number of anilines is 6. The molecule has 83 heavy (non-hydrogen) atoms. The maximum Gasteiger partial charge on any atom is 0.198 e. The molecule has 0 bridgehead atoms. The summed E-state index contributed by atoms with van der Waals surface area (Å²) in [6, 6.07) is 91.3. The number of para-hydroxylation sites is 6. The van der Waals surface area contributed by atoms with Crippen LogP contribution in [-0.4, -0.2) is 14.5 Å². The third-order valence-electron chi connectivity index (χ3n) is 14.9. The fraction of sp³-hybridized carbons (Fsp3) is 0. The van der Waals surface area contributed by atoms with Crippen LogP contribution in [0.25, 0.3) is 103 Å². The van der Waals surface area contributed by atoms with Crippen molar-refractivity contribution in [2.24, 2.45) is 0 Å². The molecule has 0 atom stereocenters. The van der Waals surface area contributed by atoms with Crippen molar-refractivity contribution in [1.29, 1.82) is 0 Å². The van der Waals surface area contributed by atoms with Gasteiger partial charge in [-0.2, -0.15) is 0 Å². The first-order valence-corrected chi connectivity index (χ1v) is 26.8. The van der Waals surface area contributed by atoms with Gasteiger partial charge in [-0.25, -0.2) is 29.3 Å². The summed E-state index contributed by atoms with van der Waals surface area (Å²) in [5.41, 5.74) is 16.9. The summed E-state index contributed by atoms with van der Waals surface area (Å²) < 4.78 is 2.30. The maximum atomic E-state index is 8.46. The molecule has 386 valence electrons. The second-order valence-electron chi connectivity index (χ2n) is 19.7. The molecule has 9 nitrogen and oxygen atoms in total. The molecule has 9 heteroatoms. The number of benzene rings is 11. The van der Waals surface area contributed by atoms with Gasteiger partial charge in [0.1, 0.15) is 5.82 Å². The van der Waals surface area contributed by atoms with E-state index in [-0.39, 0.29) is 0 Å². The molecule has 0 fully saturated rings. The molecule has 0 aliphatic heterocycles. The Morgan fingerprint density at radius 2 is 0.699 bits per heavy atom. The molecule has 0 saturated heterocycles. The van der Waals surface area contributed by atoms with E-state index < -0.39 is 0 Å². The predicted molar refractivity (Wildman–Crippen MR) is 338 cm³/mol. The van der Waals surface area contributed by atoms with Gasteiger partial charge in [0, 0.05) is 67.3 Å². The number of nitrogens with zero attached hydrogens (tertiary/aromatic N) is 9. The van der Waals surface area contributed by atoms with E-state index in [4.69, 9.17) is 36.3 Å². The van der Waals surface area contributed by atoms with Crippen LogP contribution >= 0.6 is 0 Å². The summed E-state index contributed by atoms with van der Waals surface area (Å²) in [6.07, 6.45) is 0. The topological polar surface area (TPSA) is 54.6 Å². The lowest BCUT2D eigenvalue weighted by Crippen LogP contribution is -2.09. The molecule has 0 amide bonds. The lowest BCUT2D eigenvalue weighted by molar-refractivity contribution is 1.18. The van der Waals surface area contributed by atoms with Crippen LogP contribution in [-0.2, 0) is 0 Å². The number of rotatable bonds is 12. The van der Waals surface area contributed by atoms with Gasteiger partial charge in [-0.15, -0.1) is 0 Å². The average Bonchev–Trinajstić information content (AvgIpc) is 3.64. The lowest BCUT2D eigenvalue weighted by Gasteiger charge is -2.26. The molecule has 0 radical (unpaired) electrons. The smallest absolute Gasteiger partial charge is 0.198 e. The number of fused-ring (bicyclic) bond motifs is 3. The molecule has 2 aromatic heterocycles. The first kappa shape index (κ1) is 50.4.